The molecule has 0 unspecified atom stereocenters. The van der Waals surface area contributed by atoms with Crippen molar-refractivity contribution in [2.24, 2.45) is 0 Å². The van der Waals surface area contributed by atoms with E-state index in [2.05, 4.69) is 10.3 Å². The number of amides is 1. The van der Waals surface area contributed by atoms with Gasteiger partial charge in [-0.05, 0) is 48.4 Å². The summed E-state index contributed by atoms with van der Waals surface area (Å²) in [5.41, 5.74) is 2.41. The smallest absolute Gasteiger partial charge is 0.288 e. The molecule has 2 aromatic heterocycles. The van der Waals surface area contributed by atoms with Crippen LogP contribution in [0.4, 0.5) is 4.39 Å². The first-order valence-corrected chi connectivity index (χ1v) is 9.11. The fourth-order valence-electron chi connectivity index (χ4n) is 3.33. The first-order chi connectivity index (χ1) is 14.1. The number of para-hydroxylation sites is 1. The van der Waals surface area contributed by atoms with Crippen molar-refractivity contribution in [3.63, 3.8) is 0 Å². The number of nitrogens with zero attached hydrogens (tertiary/aromatic N) is 1. The van der Waals surface area contributed by atoms with Gasteiger partial charge in [0.05, 0.1) is 13.2 Å². The molecule has 0 bridgehead atoms. The van der Waals surface area contributed by atoms with Crippen LogP contribution < -0.4 is 10.1 Å². The fourth-order valence-corrected chi connectivity index (χ4v) is 3.33. The number of halogens is 1. The van der Waals surface area contributed by atoms with E-state index < -0.39 is 17.8 Å². The van der Waals surface area contributed by atoms with Crippen LogP contribution in [0.5, 0.6) is 5.75 Å². The van der Waals surface area contributed by atoms with Gasteiger partial charge in [-0.15, -0.1) is 0 Å². The molecular formula is C23H19FN2O3. The van der Waals surface area contributed by atoms with Crippen molar-refractivity contribution in [3.05, 3.63) is 95.3 Å². The van der Waals surface area contributed by atoms with Crippen LogP contribution >= 0.6 is 0 Å². The van der Waals surface area contributed by atoms with Crippen molar-refractivity contribution >= 4 is 16.9 Å². The Morgan fingerprint density at radius 3 is 2.41 bits per heavy atom. The molecule has 0 aliphatic heterocycles. The van der Waals surface area contributed by atoms with Gasteiger partial charge in [0, 0.05) is 23.3 Å². The van der Waals surface area contributed by atoms with Gasteiger partial charge in [-0.3, -0.25) is 9.78 Å². The maximum Gasteiger partial charge on any atom is 0.288 e. The van der Waals surface area contributed by atoms with Gasteiger partial charge in [0.15, 0.2) is 17.2 Å². The largest absolute Gasteiger partial charge is 0.497 e. The molecular weight excluding hydrogens is 371 g/mol. The number of carbonyl (C=O) groups is 1. The number of hydrogen-bond acceptors (Lipinski definition) is 4. The average molecular weight is 390 g/mol. The van der Waals surface area contributed by atoms with Crippen molar-refractivity contribution in [2.75, 3.05) is 7.11 Å². The zero-order chi connectivity index (χ0) is 20.4. The van der Waals surface area contributed by atoms with E-state index in [4.69, 9.17) is 9.15 Å². The Bertz CT molecular complexity index is 1150. The number of benzene rings is 2. The molecule has 0 radical (unpaired) electrons. The predicted octanol–water partition coefficient (Wildman–Crippen LogP) is 4.80. The molecule has 0 spiro atoms. The minimum absolute atomic E-state index is 0.0834. The Morgan fingerprint density at radius 1 is 1.07 bits per heavy atom. The van der Waals surface area contributed by atoms with Crippen LogP contribution in [0.15, 0.2) is 71.4 Å². The van der Waals surface area contributed by atoms with E-state index in [0.29, 0.717) is 10.9 Å². The second kappa shape index (κ2) is 7.75. The van der Waals surface area contributed by atoms with Crippen LogP contribution in [-0.4, -0.2) is 18.0 Å². The molecule has 4 rings (SSSR count). The van der Waals surface area contributed by atoms with Gasteiger partial charge in [0.2, 0.25) is 0 Å². The fraction of sp³-hybridized carbons (Fsp3) is 0.130. The van der Waals surface area contributed by atoms with Gasteiger partial charge in [0.25, 0.3) is 5.91 Å². The molecule has 0 saturated carbocycles. The Balaban J connectivity index is 1.71. The van der Waals surface area contributed by atoms with Crippen molar-refractivity contribution in [2.45, 2.75) is 13.0 Å². The van der Waals surface area contributed by atoms with Gasteiger partial charge >= 0.3 is 0 Å². The summed E-state index contributed by atoms with van der Waals surface area (Å²) >= 11 is 0. The van der Waals surface area contributed by atoms with Crippen LogP contribution in [0.1, 0.15) is 33.3 Å². The molecule has 5 nitrogen and oxygen atoms in total. The number of hydrogen-bond donors (Lipinski definition) is 1. The van der Waals surface area contributed by atoms with E-state index in [9.17, 15) is 9.18 Å². The van der Waals surface area contributed by atoms with Gasteiger partial charge in [-0.25, -0.2) is 4.39 Å². The van der Waals surface area contributed by atoms with Crippen molar-refractivity contribution in [3.8, 4) is 5.75 Å². The topological polar surface area (TPSA) is 64.4 Å². The van der Waals surface area contributed by atoms with E-state index in [0.717, 1.165) is 16.9 Å². The molecule has 2 aromatic carbocycles. The molecule has 1 N–H and O–H groups in total. The van der Waals surface area contributed by atoms with E-state index >= 15 is 0 Å². The maximum atomic E-state index is 14.1. The van der Waals surface area contributed by atoms with Crippen LogP contribution in [0.25, 0.3) is 11.0 Å². The number of pyridine rings is 1. The third kappa shape index (κ3) is 3.57. The second-order valence-corrected chi connectivity index (χ2v) is 6.63. The lowest BCUT2D eigenvalue weighted by atomic mass is 9.99. The predicted molar refractivity (Wildman–Crippen MR) is 107 cm³/mol. The lowest BCUT2D eigenvalue weighted by Crippen LogP contribution is -2.29. The first-order valence-electron chi connectivity index (χ1n) is 9.11. The Kier molecular flexibility index (Phi) is 4.99. The van der Waals surface area contributed by atoms with E-state index in [-0.39, 0.29) is 11.3 Å². The number of methoxy groups -OCH3 is 1. The number of rotatable bonds is 5. The summed E-state index contributed by atoms with van der Waals surface area (Å²) in [6.07, 6.45) is 3.33. The summed E-state index contributed by atoms with van der Waals surface area (Å²) in [5, 5.41) is 3.58. The van der Waals surface area contributed by atoms with Gasteiger partial charge in [-0.2, -0.15) is 0 Å². The quantitative estimate of drug-likeness (QED) is 0.531. The van der Waals surface area contributed by atoms with Gasteiger partial charge < -0.3 is 14.5 Å². The average Bonchev–Trinajstić information content (AvgIpc) is 3.11. The SMILES string of the molecule is COc1ccc([C@@H](NC(=O)c2oc3c(F)cccc3c2C)c2ccncc2)cc1. The summed E-state index contributed by atoms with van der Waals surface area (Å²) in [6.45, 7) is 1.75. The summed E-state index contributed by atoms with van der Waals surface area (Å²) in [7, 11) is 1.60. The summed E-state index contributed by atoms with van der Waals surface area (Å²) in [6, 6.07) is 15.3. The minimum atomic E-state index is -0.495. The van der Waals surface area contributed by atoms with Crippen molar-refractivity contribution < 1.29 is 18.3 Å². The van der Waals surface area contributed by atoms with E-state index in [1.165, 1.54) is 6.07 Å². The summed E-state index contributed by atoms with van der Waals surface area (Å²) in [4.78, 5) is 17.1. The monoisotopic (exact) mass is 390 g/mol. The third-order valence-corrected chi connectivity index (χ3v) is 4.89. The minimum Gasteiger partial charge on any atom is -0.497 e. The number of aryl methyl sites for hydroxylation is 1. The lowest BCUT2D eigenvalue weighted by Gasteiger charge is -2.19. The molecule has 0 aliphatic rings. The highest BCUT2D eigenvalue weighted by atomic mass is 19.1. The van der Waals surface area contributed by atoms with Crippen LogP contribution in [-0.2, 0) is 0 Å². The first kappa shape index (κ1) is 18.7. The number of fused-ring (bicyclic) bond motifs is 1. The highest BCUT2D eigenvalue weighted by molar-refractivity contribution is 5.99. The van der Waals surface area contributed by atoms with Crippen LogP contribution in [0.2, 0.25) is 0 Å². The summed E-state index contributed by atoms with van der Waals surface area (Å²) < 4.78 is 24.9. The van der Waals surface area contributed by atoms with E-state index in [1.807, 2.05) is 36.4 Å². The summed E-state index contributed by atoms with van der Waals surface area (Å²) in [5.74, 6) is -0.101. The highest BCUT2D eigenvalue weighted by Crippen LogP contribution is 2.29. The number of aromatic nitrogens is 1. The molecule has 1 atom stereocenters. The molecule has 4 aromatic rings. The molecule has 2 heterocycles. The second-order valence-electron chi connectivity index (χ2n) is 6.63. The maximum absolute atomic E-state index is 14.1. The van der Waals surface area contributed by atoms with Crippen LogP contribution in [0.3, 0.4) is 0 Å². The lowest BCUT2D eigenvalue weighted by molar-refractivity contribution is 0.0916. The zero-order valence-corrected chi connectivity index (χ0v) is 16.0. The van der Waals surface area contributed by atoms with Crippen molar-refractivity contribution in [1.29, 1.82) is 0 Å². The normalized spacial score (nSPS) is 12.0. The number of nitrogens with one attached hydrogen (secondary N) is 1. The van der Waals surface area contributed by atoms with Crippen LogP contribution in [0, 0.1) is 12.7 Å². The molecule has 1 amide bonds. The van der Waals surface area contributed by atoms with E-state index in [1.54, 1.807) is 38.6 Å². The molecule has 6 heteroatoms. The van der Waals surface area contributed by atoms with Gasteiger partial charge in [0.1, 0.15) is 5.75 Å². The Hall–Kier alpha value is -3.67. The van der Waals surface area contributed by atoms with Crippen molar-refractivity contribution in [1.82, 2.24) is 10.3 Å². The number of carbonyl (C=O) groups excluding carboxylic acids is 1. The molecule has 146 valence electrons. The molecule has 0 aliphatic carbocycles. The Morgan fingerprint density at radius 2 is 1.76 bits per heavy atom. The molecule has 0 fully saturated rings. The third-order valence-electron chi connectivity index (χ3n) is 4.89. The standard InChI is InChI=1S/C23H19FN2O3/c1-14-18-4-3-5-19(24)22(18)29-21(14)23(27)26-20(16-10-12-25-13-11-16)15-6-8-17(28-2)9-7-15/h3-13,20H,1-2H3,(H,26,27)/t20-/m1/s1. The highest BCUT2D eigenvalue weighted by Gasteiger charge is 2.23. The number of ether oxygens (including phenoxy) is 1. The number of furan rings is 1. The molecule has 0 saturated heterocycles. The molecule has 29 heavy (non-hydrogen) atoms. The Labute approximate surface area is 167 Å². The zero-order valence-electron chi connectivity index (χ0n) is 16.0. The van der Waals surface area contributed by atoms with Gasteiger partial charge in [-0.1, -0.05) is 24.3 Å².